The molecule has 0 spiro atoms. The van der Waals surface area contributed by atoms with E-state index in [4.69, 9.17) is 0 Å². The zero-order valence-corrected chi connectivity index (χ0v) is 9.88. The quantitative estimate of drug-likeness (QED) is 0.793. The second kappa shape index (κ2) is 5.24. The van der Waals surface area contributed by atoms with Gasteiger partial charge >= 0.3 is 0 Å². The van der Waals surface area contributed by atoms with Crippen LogP contribution in [0.15, 0.2) is 18.7 Å². The van der Waals surface area contributed by atoms with Crippen molar-refractivity contribution in [2.75, 3.05) is 17.7 Å². The molecule has 17 heavy (non-hydrogen) atoms. The van der Waals surface area contributed by atoms with Crippen LogP contribution in [-0.2, 0) is 13.1 Å². The summed E-state index contributed by atoms with van der Waals surface area (Å²) in [4.78, 5) is 8.37. The van der Waals surface area contributed by atoms with Crippen LogP contribution in [0.3, 0.4) is 0 Å². The van der Waals surface area contributed by atoms with Gasteiger partial charge in [0.05, 0.1) is 18.9 Å². The highest BCUT2D eigenvalue weighted by atomic mass is 15.3. The molecular formula is C10H15N7. The first-order chi connectivity index (χ1) is 8.33. The van der Waals surface area contributed by atoms with Crippen molar-refractivity contribution in [3.05, 3.63) is 24.5 Å². The van der Waals surface area contributed by atoms with Gasteiger partial charge in [-0.3, -0.25) is 4.98 Å². The number of hydrogen-bond acceptors (Lipinski definition) is 6. The van der Waals surface area contributed by atoms with Crippen LogP contribution in [0.1, 0.15) is 12.7 Å². The molecule has 0 saturated heterocycles. The minimum atomic E-state index is 0.579. The maximum atomic E-state index is 4.30. The first kappa shape index (κ1) is 11.3. The number of rotatable bonds is 5. The van der Waals surface area contributed by atoms with Crippen molar-refractivity contribution in [3.63, 3.8) is 0 Å². The maximum Gasteiger partial charge on any atom is 0.152 e. The Bertz CT molecular complexity index is 479. The average molecular weight is 233 g/mol. The molecule has 0 unspecified atom stereocenters. The Hall–Kier alpha value is -2.18. The van der Waals surface area contributed by atoms with Crippen LogP contribution in [0.25, 0.3) is 0 Å². The number of hydrogen-bond donors (Lipinski definition) is 2. The van der Waals surface area contributed by atoms with Crippen molar-refractivity contribution >= 4 is 11.6 Å². The minimum Gasteiger partial charge on any atom is -0.372 e. The number of anilines is 2. The van der Waals surface area contributed by atoms with Gasteiger partial charge in [0, 0.05) is 13.6 Å². The second-order valence-corrected chi connectivity index (χ2v) is 3.43. The lowest BCUT2D eigenvalue weighted by Gasteiger charge is -2.07. The Labute approximate surface area is 99.3 Å². The third-order valence-electron chi connectivity index (χ3n) is 2.35. The highest BCUT2D eigenvalue weighted by Crippen LogP contribution is 2.07. The smallest absolute Gasteiger partial charge is 0.152 e. The Morgan fingerprint density at radius 2 is 2.12 bits per heavy atom. The van der Waals surface area contributed by atoms with Gasteiger partial charge < -0.3 is 15.2 Å². The van der Waals surface area contributed by atoms with Crippen molar-refractivity contribution in [1.29, 1.82) is 0 Å². The van der Waals surface area contributed by atoms with E-state index in [0.717, 1.165) is 18.2 Å². The summed E-state index contributed by atoms with van der Waals surface area (Å²) in [5.41, 5.74) is 0. The largest absolute Gasteiger partial charge is 0.372 e. The molecule has 0 amide bonds. The predicted molar refractivity (Wildman–Crippen MR) is 64.6 cm³/mol. The van der Waals surface area contributed by atoms with E-state index in [2.05, 4.69) is 30.8 Å². The maximum absolute atomic E-state index is 4.30. The first-order valence-electron chi connectivity index (χ1n) is 5.44. The molecule has 7 heteroatoms. The van der Waals surface area contributed by atoms with Crippen molar-refractivity contribution in [2.24, 2.45) is 0 Å². The highest BCUT2D eigenvalue weighted by Gasteiger charge is 2.03. The van der Waals surface area contributed by atoms with Crippen LogP contribution in [-0.4, -0.2) is 31.8 Å². The van der Waals surface area contributed by atoms with Gasteiger partial charge in [0.15, 0.2) is 5.82 Å². The molecule has 0 bridgehead atoms. The van der Waals surface area contributed by atoms with Crippen LogP contribution >= 0.6 is 0 Å². The third-order valence-corrected chi connectivity index (χ3v) is 2.35. The number of aromatic nitrogens is 5. The van der Waals surface area contributed by atoms with E-state index < -0.39 is 0 Å². The summed E-state index contributed by atoms with van der Waals surface area (Å²) in [6.45, 7) is 3.48. The molecule has 0 aliphatic carbocycles. The molecule has 2 aromatic heterocycles. The second-order valence-electron chi connectivity index (χ2n) is 3.43. The molecule has 2 heterocycles. The van der Waals surface area contributed by atoms with Crippen LogP contribution < -0.4 is 10.6 Å². The number of nitrogens with zero attached hydrogens (tertiary/aromatic N) is 5. The molecule has 0 atom stereocenters. The molecule has 0 fully saturated rings. The lowest BCUT2D eigenvalue weighted by molar-refractivity contribution is 0.707. The normalized spacial score (nSPS) is 10.2. The molecule has 0 saturated carbocycles. The molecule has 0 aliphatic heterocycles. The van der Waals surface area contributed by atoms with Gasteiger partial charge in [-0.25, -0.2) is 4.98 Å². The third kappa shape index (κ3) is 2.68. The zero-order valence-electron chi connectivity index (χ0n) is 9.88. The summed E-state index contributed by atoms with van der Waals surface area (Å²) in [5, 5.41) is 14.0. The summed E-state index contributed by atoms with van der Waals surface area (Å²) in [6.07, 6.45) is 5.06. The monoisotopic (exact) mass is 233 g/mol. The summed E-state index contributed by atoms with van der Waals surface area (Å²) in [5.74, 6) is 2.32. The van der Waals surface area contributed by atoms with E-state index in [0.29, 0.717) is 12.4 Å². The Kier molecular flexibility index (Phi) is 3.49. The van der Waals surface area contributed by atoms with Gasteiger partial charge in [0.1, 0.15) is 18.0 Å². The summed E-state index contributed by atoms with van der Waals surface area (Å²) in [6, 6.07) is 0. The number of aryl methyl sites for hydroxylation is 1. The first-order valence-corrected chi connectivity index (χ1v) is 5.44. The molecular weight excluding hydrogens is 218 g/mol. The SMILES string of the molecule is CCn1cnnc1CNc1cncc(NC)n1. The lowest BCUT2D eigenvalue weighted by atomic mass is 10.5. The predicted octanol–water partition coefficient (Wildman–Crippen LogP) is 0.742. The molecule has 0 aromatic carbocycles. The van der Waals surface area contributed by atoms with E-state index in [-0.39, 0.29) is 0 Å². The molecule has 0 radical (unpaired) electrons. The summed E-state index contributed by atoms with van der Waals surface area (Å²) in [7, 11) is 1.81. The Morgan fingerprint density at radius 1 is 1.29 bits per heavy atom. The van der Waals surface area contributed by atoms with Gasteiger partial charge in [-0.2, -0.15) is 0 Å². The topological polar surface area (TPSA) is 80.5 Å². The van der Waals surface area contributed by atoms with Gasteiger partial charge in [-0.05, 0) is 6.92 Å². The van der Waals surface area contributed by atoms with E-state index in [1.54, 1.807) is 18.7 Å². The molecule has 2 rings (SSSR count). The zero-order chi connectivity index (χ0) is 12.1. The summed E-state index contributed by atoms with van der Waals surface area (Å²) >= 11 is 0. The average Bonchev–Trinajstić information content (AvgIpc) is 2.84. The van der Waals surface area contributed by atoms with Gasteiger partial charge in [0.25, 0.3) is 0 Å². The standard InChI is InChI=1S/C10H15N7/c1-3-17-7-14-16-10(17)6-13-9-5-12-4-8(11-2)15-9/h4-5,7H,3,6H2,1-2H3,(H2,11,13,15). The van der Waals surface area contributed by atoms with Gasteiger partial charge in [-0.1, -0.05) is 0 Å². The van der Waals surface area contributed by atoms with Crippen LogP contribution in [0.4, 0.5) is 11.6 Å². The van der Waals surface area contributed by atoms with E-state index in [1.807, 2.05) is 18.5 Å². The fourth-order valence-corrected chi connectivity index (χ4v) is 1.42. The number of nitrogens with one attached hydrogen (secondary N) is 2. The molecule has 2 aromatic rings. The van der Waals surface area contributed by atoms with Crippen molar-refractivity contribution < 1.29 is 0 Å². The molecule has 0 aliphatic rings. The fraction of sp³-hybridized carbons (Fsp3) is 0.400. The van der Waals surface area contributed by atoms with Crippen molar-refractivity contribution in [1.82, 2.24) is 24.7 Å². The Balaban J connectivity index is 2.02. The minimum absolute atomic E-state index is 0.579. The van der Waals surface area contributed by atoms with Crippen molar-refractivity contribution in [3.8, 4) is 0 Å². The van der Waals surface area contributed by atoms with E-state index in [9.17, 15) is 0 Å². The lowest BCUT2D eigenvalue weighted by Crippen LogP contribution is -2.09. The van der Waals surface area contributed by atoms with Crippen LogP contribution in [0.5, 0.6) is 0 Å². The molecule has 90 valence electrons. The van der Waals surface area contributed by atoms with Gasteiger partial charge in [0.2, 0.25) is 0 Å². The van der Waals surface area contributed by atoms with Gasteiger partial charge in [-0.15, -0.1) is 10.2 Å². The van der Waals surface area contributed by atoms with Crippen LogP contribution in [0, 0.1) is 0 Å². The summed E-state index contributed by atoms with van der Waals surface area (Å²) < 4.78 is 1.97. The van der Waals surface area contributed by atoms with E-state index in [1.165, 1.54) is 0 Å². The molecule has 7 nitrogen and oxygen atoms in total. The molecule has 2 N–H and O–H groups in total. The highest BCUT2D eigenvalue weighted by molar-refractivity contribution is 5.40. The van der Waals surface area contributed by atoms with Crippen LogP contribution in [0.2, 0.25) is 0 Å². The van der Waals surface area contributed by atoms with Crippen molar-refractivity contribution in [2.45, 2.75) is 20.0 Å². The van der Waals surface area contributed by atoms with E-state index >= 15 is 0 Å². The Morgan fingerprint density at radius 3 is 2.88 bits per heavy atom. The fourth-order valence-electron chi connectivity index (χ4n) is 1.42.